The molecule has 2 aromatic heterocycles. The summed E-state index contributed by atoms with van der Waals surface area (Å²) in [5.41, 5.74) is 10.6. The number of urea groups is 1. The van der Waals surface area contributed by atoms with Gasteiger partial charge in [0.25, 0.3) is 0 Å². The molecule has 166 valence electrons. The Morgan fingerprint density at radius 2 is 1.91 bits per heavy atom. The number of hydrogen-bond donors (Lipinski definition) is 2. The highest BCUT2D eigenvalue weighted by Crippen LogP contribution is 2.30. The number of ether oxygens (including phenoxy) is 1. The second kappa shape index (κ2) is 9.13. The zero-order chi connectivity index (χ0) is 21.9. The number of thiazole rings is 1. The predicted octanol–water partition coefficient (Wildman–Crippen LogP) is 3.02. The molecule has 2 amide bonds. The first kappa shape index (κ1) is 20.7. The molecule has 0 aliphatic carbocycles. The maximum absolute atomic E-state index is 11.1. The van der Waals surface area contributed by atoms with E-state index < -0.39 is 6.03 Å². The molecule has 9 heteroatoms. The number of hydrogen-bond acceptors (Lipinski definition) is 7. The number of nitrogens with zero attached hydrogens (tertiary/aromatic N) is 4. The summed E-state index contributed by atoms with van der Waals surface area (Å²) < 4.78 is 5.44. The topological polar surface area (TPSA) is 96.6 Å². The van der Waals surface area contributed by atoms with Gasteiger partial charge in [0.2, 0.25) is 0 Å². The molecule has 32 heavy (non-hydrogen) atoms. The van der Waals surface area contributed by atoms with E-state index in [1.165, 1.54) is 16.1 Å². The van der Waals surface area contributed by atoms with E-state index in [1.54, 1.807) is 17.5 Å². The van der Waals surface area contributed by atoms with Gasteiger partial charge in [-0.1, -0.05) is 12.1 Å². The Morgan fingerprint density at radius 1 is 1.09 bits per heavy atom. The minimum Gasteiger partial charge on any atom is -0.378 e. The number of benzene rings is 1. The molecular weight excluding hydrogens is 424 g/mol. The molecule has 0 unspecified atom stereocenters. The highest BCUT2D eigenvalue weighted by atomic mass is 32.1. The van der Waals surface area contributed by atoms with Crippen LogP contribution < -0.4 is 20.9 Å². The third-order valence-corrected chi connectivity index (χ3v) is 6.87. The number of aromatic nitrogens is 2. The molecule has 1 fully saturated rings. The van der Waals surface area contributed by atoms with Crippen LogP contribution in [0.2, 0.25) is 0 Å². The average molecular weight is 451 g/mol. The number of nitrogens with one attached hydrogen (secondary N) is 1. The van der Waals surface area contributed by atoms with Crippen molar-refractivity contribution in [1.82, 2.24) is 9.97 Å². The largest absolute Gasteiger partial charge is 0.378 e. The molecule has 4 heterocycles. The maximum atomic E-state index is 11.1. The van der Waals surface area contributed by atoms with Crippen LogP contribution in [0, 0.1) is 0 Å². The first-order valence-electron chi connectivity index (χ1n) is 10.8. The number of anilines is 3. The van der Waals surface area contributed by atoms with Gasteiger partial charge in [0.1, 0.15) is 0 Å². The molecule has 1 saturated heterocycles. The summed E-state index contributed by atoms with van der Waals surface area (Å²) in [6.45, 7) is 5.09. The number of rotatable bonds is 5. The fraction of sp³-hybridized carbons (Fsp3) is 0.348. The molecule has 1 aromatic carbocycles. The van der Waals surface area contributed by atoms with Gasteiger partial charge in [0, 0.05) is 61.5 Å². The van der Waals surface area contributed by atoms with Gasteiger partial charge in [-0.2, -0.15) is 0 Å². The minimum absolute atomic E-state index is 0.582. The Bertz CT molecular complexity index is 1090. The van der Waals surface area contributed by atoms with Gasteiger partial charge in [0.15, 0.2) is 5.13 Å². The summed E-state index contributed by atoms with van der Waals surface area (Å²) in [6.07, 6.45) is 5.36. The van der Waals surface area contributed by atoms with Crippen molar-refractivity contribution in [3.05, 3.63) is 64.4 Å². The number of carbonyl (C=O) groups is 1. The molecular formula is C23H26N6O2S. The molecule has 3 aromatic rings. The van der Waals surface area contributed by atoms with Crippen molar-refractivity contribution < 1.29 is 9.53 Å². The highest BCUT2D eigenvalue weighted by Gasteiger charge is 2.21. The Kier molecular flexibility index (Phi) is 5.91. The van der Waals surface area contributed by atoms with Gasteiger partial charge in [0.05, 0.1) is 25.1 Å². The number of pyridine rings is 1. The Hall–Kier alpha value is -3.17. The lowest BCUT2D eigenvalue weighted by Gasteiger charge is -2.28. The van der Waals surface area contributed by atoms with Crippen molar-refractivity contribution >= 4 is 33.9 Å². The Balaban J connectivity index is 1.24. The lowest BCUT2D eigenvalue weighted by Crippen LogP contribution is -2.36. The fourth-order valence-corrected chi connectivity index (χ4v) is 5.14. The lowest BCUT2D eigenvalue weighted by molar-refractivity contribution is 0.122. The van der Waals surface area contributed by atoms with Crippen molar-refractivity contribution in [2.75, 3.05) is 48.0 Å². The second-order valence-electron chi connectivity index (χ2n) is 8.04. The third kappa shape index (κ3) is 4.68. The third-order valence-electron chi connectivity index (χ3n) is 5.81. The zero-order valence-corrected chi connectivity index (χ0v) is 18.6. The summed E-state index contributed by atoms with van der Waals surface area (Å²) in [5.74, 6) is 0. The first-order valence-corrected chi connectivity index (χ1v) is 11.6. The molecule has 2 aliphatic heterocycles. The number of morpholine rings is 1. The van der Waals surface area contributed by atoms with Gasteiger partial charge in [-0.05, 0) is 29.3 Å². The van der Waals surface area contributed by atoms with Crippen LogP contribution in [0.1, 0.15) is 21.7 Å². The van der Waals surface area contributed by atoms with E-state index in [4.69, 9.17) is 10.5 Å². The van der Waals surface area contributed by atoms with Crippen LogP contribution in [0.5, 0.6) is 0 Å². The number of amides is 2. The summed E-state index contributed by atoms with van der Waals surface area (Å²) in [6, 6.07) is 10.2. The average Bonchev–Trinajstić information content (AvgIpc) is 3.28. The van der Waals surface area contributed by atoms with E-state index in [0.29, 0.717) is 5.69 Å². The van der Waals surface area contributed by atoms with Crippen molar-refractivity contribution in [3.8, 4) is 0 Å². The minimum atomic E-state index is -0.582. The zero-order valence-electron chi connectivity index (χ0n) is 17.8. The SMILES string of the molecule is NC(=O)Nc1cnc2c(c1)CN(c1ncc(Cc3ccc(N4CCOCC4)cc3)s1)CC2. The van der Waals surface area contributed by atoms with E-state index in [0.717, 1.165) is 68.6 Å². The van der Waals surface area contributed by atoms with Gasteiger partial charge in [-0.3, -0.25) is 4.98 Å². The van der Waals surface area contributed by atoms with Gasteiger partial charge < -0.3 is 25.6 Å². The number of nitrogens with two attached hydrogens (primary N) is 1. The molecule has 0 saturated carbocycles. The Labute approximate surface area is 191 Å². The smallest absolute Gasteiger partial charge is 0.316 e. The summed E-state index contributed by atoms with van der Waals surface area (Å²) in [4.78, 5) is 26.2. The summed E-state index contributed by atoms with van der Waals surface area (Å²) in [7, 11) is 0. The van der Waals surface area contributed by atoms with Gasteiger partial charge in [-0.25, -0.2) is 9.78 Å². The lowest BCUT2D eigenvalue weighted by atomic mass is 10.1. The first-order chi connectivity index (χ1) is 15.6. The number of fused-ring (bicyclic) bond motifs is 1. The van der Waals surface area contributed by atoms with E-state index >= 15 is 0 Å². The molecule has 0 spiro atoms. The van der Waals surface area contributed by atoms with Gasteiger partial charge >= 0.3 is 6.03 Å². The van der Waals surface area contributed by atoms with Crippen LogP contribution in [0.25, 0.3) is 0 Å². The standard InChI is InChI=1S/C23H26N6O2S/c24-22(30)27-18-12-17-15-29(6-5-21(17)25-13-18)23-26-14-20(32-23)11-16-1-3-19(4-2-16)28-7-9-31-10-8-28/h1-4,12-14H,5-11,15H2,(H3,24,27,30). The second-order valence-corrected chi connectivity index (χ2v) is 9.14. The van der Waals surface area contributed by atoms with Crippen molar-refractivity contribution in [1.29, 1.82) is 0 Å². The van der Waals surface area contributed by atoms with Crippen LogP contribution >= 0.6 is 11.3 Å². The van der Waals surface area contributed by atoms with E-state index in [-0.39, 0.29) is 0 Å². The molecule has 2 aliphatic rings. The molecule has 3 N–H and O–H groups in total. The van der Waals surface area contributed by atoms with Crippen LogP contribution in [-0.2, 0) is 24.1 Å². The molecule has 8 nitrogen and oxygen atoms in total. The molecule has 0 radical (unpaired) electrons. The van der Waals surface area contributed by atoms with Crippen LogP contribution in [0.3, 0.4) is 0 Å². The molecule has 5 rings (SSSR count). The quantitative estimate of drug-likeness (QED) is 0.620. The Morgan fingerprint density at radius 3 is 2.69 bits per heavy atom. The fourth-order valence-electron chi connectivity index (χ4n) is 4.17. The van der Waals surface area contributed by atoms with Crippen molar-refractivity contribution in [2.45, 2.75) is 19.4 Å². The van der Waals surface area contributed by atoms with Gasteiger partial charge in [-0.15, -0.1) is 11.3 Å². The summed E-state index contributed by atoms with van der Waals surface area (Å²) >= 11 is 1.73. The van der Waals surface area contributed by atoms with Crippen LogP contribution in [-0.4, -0.2) is 48.8 Å². The van der Waals surface area contributed by atoms with Crippen molar-refractivity contribution in [3.63, 3.8) is 0 Å². The summed E-state index contributed by atoms with van der Waals surface area (Å²) in [5, 5.41) is 3.62. The predicted molar refractivity (Wildman–Crippen MR) is 127 cm³/mol. The van der Waals surface area contributed by atoms with E-state index in [1.807, 2.05) is 12.3 Å². The highest BCUT2D eigenvalue weighted by molar-refractivity contribution is 7.15. The number of primary amides is 1. The number of carbonyl (C=O) groups excluding carboxylic acids is 1. The van der Waals surface area contributed by atoms with Crippen LogP contribution in [0.4, 0.5) is 21.3 Å². The molecule has 0 bridgehead atoms. The van der Waals surface area contributed by atoms with Crippen molar-refractivity contribution in [2.24, 2.45) is 5.73 Å². The maximum Gasteiger partial charge on any atom is 0.316 e. The van der Waals surface area contributed by atoms with Crippen LogP contribution in [0.15, 0.2) is 42.7 Å². The molecule has 0 atom stereocenters. The normalized spacial score (nSPS) is 16.0. The van der Waals surface area contributed by atoms with E-state index in [9.17, 15) is 4.79 Å². The monoisotopic (exact) mass is 450 g/mol. The van der Waals surface area contributed by atoms with E-state index in [2.05, 4.69) is 49.4 Å².